The van der Waals surface area contributed by atoms with Crippen LogP contribution in [0.4, 0.5) is 10.1 Å². The van der Waals surface area contributed by atoms with E-state index in [1.807, 2.05) is 15.9 Å². The molecule has 3 rings (SSSR count). The van der Waals surface area contributed by atoms with Crippen LogP contribution in [0.15, 0.2) is 24.3 Å². The maximum Gasteiger partial charge on any atom is 0.223 e. The van der Waals surface area contributed by atoms with Gasteiger partial charge in [-0.2, -0.15) is 0 Å². The van der Waals surface area contributed by atoms with Crippen molar-refractivity contribution in [3.63, 3.8) is 0 Å². The van der Waals surface area contributed by atoms with Gasteiger partial charge in [-0.15, -0.1) is 0 Å². The van der Waals surface area contributed by atoms with Crippen LogP contribution in [0.25, 0.3) is 0 Å². The van der Waals surface area contributed by atoms with E-state index in [1.165, 1.54) is 6.07 Å². The fraction of sp³-hybridized carbons (Fsp3) is 0.619. The van der Waals surface area contributed by atoms with E-state index in [4.69, 9.17) is 0 Å². The predicted molar refractivity (Wildman–Crippen MR) is 104 cm³/mol. The predicted octanol–water partition coefficient (Wildman–Crippen LogP) is 2.76. The van der Waals surface area contributed by atoms with E-state index in [1.54, 1.807) is 17.0 Å². The van der Waals surface area contributed by atoms with Gasteiger partial charge in [0.05, 0.1) is 5.69 Å². The molecular weight excluding hydrogens is 345 g/mol. The molecule has 1 aromatic carbocycles. The number of carbonyl (C=O) groups excluding carboxylic acids is 2. The number of rotatable bonds is 4. The molecule has 6 heteroatoms. The Morgan fingerprint density at radius 3 is 2.07 bits per heavy atom. The number of hydrogen-bond acceptors (Lipinski definition) is 3. The quantitative estimate of drug-likeness (QED) is 0.813. The van der Waals surface area contributed by atoms with Crippen molar-refractivity contribution in [2.75, 3.05) is 44.2 Å². The minimum absolute atomic E-state index is 0.0228. The molecule has 2 atom stereocenters. The highest BCUT2D eigenvalue weighted by Crippen LogP contribution is 2.22. The fourth-order valence-electron chi connectivity index (χ4n) is 4.30. The summed E-state index contributed by atoms with van der Waals surface area (Å²) in [5.74, 6) is 0.939. The largest absolute Gasteiger partial charge is 0.366 e. The van der Waals surface area contributed by atoms with Crippen molar-refractivity contribution in [2.24, 2.45) is 11.8 Å². The molecule has 2 amide bonds. The first kappa shape index (κ1) is 19.6. The molecule has 5 nitrogen and oxygen atoms in total. The highest BCUT2D eigenvalue weighted by atomic mass is 19.1. The number of likely N-dealkylation sites (tertiary alicyclic amines) is 1. The Balaban J connectivity index is 1.44. The molecule has 1 aromatic rings. The van der Waals surface area contributed by atoms with Crippen LogP contribution in [0.5, 0.6) is 0 Å². The molecule has 0 spiro atoms. The van der Waals surface area contributed by atoms with Crippen molar-refractivity contribution in [2.45, 2.75) is 33.1 Å². The number of halogens is 1. The molecule has 2 aliphatic rings. The average molecular weight is 375 g/mol. The third kappa shape index (κ3) is 4.99. The molecule has 148 valence electrons. The first-order chi connectivity index (χ1) is 12.9. The molecule has 27 heavy (non-hydrogen) atoms. The second-order valence-corrected chi connectivity index (χ2v) is 8.06. The van der Waals surface area contributed by atoms with Gasteiger partial charge in [0.15, 0.2) is 0 Å². The SMILES string of the molecule is C[C@@H]1C[C@@H](C)CN(C(=O)CCC(=O)N2CCN(c3ccccc3F)CC2)C1. The summed E-state index contributed by atoms with van der Waals surface area (Å²) < 4.78 is 13.9. The van der Waals surface area contributed by atoms with E-state index in [0.717, 1.165) is 19.5 Å². The van der Waals surface area contributed by atoms with Gasteiger partial charge in [-0.3, -0.25) is 9.59 Å². The average Bonchev–Trinajstić information content (AvgIpc) is 2.65. The van der Waals surface area contributed by atoms with Gasteiger partial charge in [0, 0.05) is 52.1 Å². The van der Waals surface area contributed by atoms with Gasteiger partial charge < -0.3 is 14.7 Å². The number of hydrogen-bond donors (Lipinski definition) is 0. The Kier molecular flexibility index (Phi) is 6.34. The van der Waals surface area contributed by atoms with Gasteiger partial charge in [-0.1, -0.05) is 26.0 Å². The van der Waals surface area contributed by atoms with Crippen molar-refractivity contribution in [3.05, 3.63) is 30.1 Å². The zero-order chi connectivity index (χ0) is 19.4. The minimum atomic E-state index is -0.229. The number of nitrogens with zero attached hydrogens (tertiary/aromatic N) is 3. The summed E-state index contributed by atoms with van der Waals surface area (Å²) >= 11 is 0. The van der Waals surface area contributed by atoms with Crippen LogP contribution in [0.2, 0.25) is 0 Å². The molecule has 0 aliphatic carbocycles. The lowest BCUT2D eigenvalue weighted by Crippen LogP contribution is -2.49. The van der Waals surface area contributed by atoms with Crippen molar-refractivity contribution in [1.82, 2.24) is 9.80 Å². The van der Waals surface area contributed by atoms with Gasteiger partial charge >= 0.3 is 0 Å². The number of para-hydroxylation sites is 1. The van der Waals surface area contributed by atoms with Crippen LogP contribution in [0, 0.1) is 17.7 Å². The van der Waals surface area contributed by atoms with Gasteiger partial charge in [0.2, 0.25) is 11.8 Å². The smallest absolute Gasteiger partial charge is 0.223 e. The summed E-state index contributed by atoms with van der Waals surface area (Å²) in [4.78, 5) is 30.6. The monoisotopic (exact) mass is 375 g/mol. The van der Waals surface area contributed by atoms with Crippen molar-refractivity contribution in [1.29, 1.82) is 0 Å². The highest BCUT2D eigenvalue weighted by molar-refractivity contribution is 5.84. The lowest BCUT2D eigenvalue weighted by Gasteiger charge is -2.37. The fourth-order valence-corrected chi connectivity index (χ4v) is 4.30. The van der Waals surface area contributed by atoms with Crippen molar-refractivity contribution in [3.8, 4) is 0 Å². The molecule has 0 N–H and O–H groups in total. The lowest BCUT2D eigenvalue weighted by atomic mass is 9.91. The maximum atomic E-state index is 13.9. The number of anilines is 1. The molecule has 0 saturated carbocycles. The lowest BCUT2D eigenvalue weighted by molar-refractivity contribution is -0.138. The van der Waals surface area contributed by atoms with Crippen molar-refractivity contribution < 1.29 is 14.0 Å². The van der Waals surface area contributed by atoms with Crippen LogP contribution < -0.4 is 4.90 Å². The number of piperidine rings is 1. The van der Waals surface area contributed by atoms with E-state index in [-0.39, 0.29) is 30.5 Å². The Labute approximate surface area is 161 Å². The minimum Gasteiger partial charge on any atom is -0.366 e. The van der Waals surface area contributed by atoms with Crippen LogP contribution in [-0.2, 0) is 9.59 Å². The molecule has 2 heterocycles. The summed E-state index contributed by atoms with van der Waals surface area (Å²) in [6.07, 6.45) is 1.71. The summed E-state index contributed by atoms with van der Waals surface area (Å²) in [6.45, 7) is 8.32. The molecule has 0 bridgehead atoms. The number of amides is 2. The molecule has 0 aromatic heterocycles. The van der Waals surface area contributed by atoms with E-state index in [0.29, 0.717) is 43.7 Å². The zero-order valence-electron chi connectivity index (χ0n) is 16.4. The standard InChI is InChI=1S/C21H30FN3O2/c1-16-13-17(2)15-25(14-16)21(27)8-7-20(26)24-11-9-23(10-12-24)19-6-4-3-5-18(19)22/h3-6,16-17H,7-15H2,1-2H3/t16-,17-/m1/s1. The third-order valence-corrected chi connectivity index (χ3v) is 5.60. The summed E-state index contributed by atoms with van der Waals surface area (Å²) in [7, 11) is 0. The number of carbonyl (C=O) groups is 2. The van der Waals surface area contributed by atoms with Crippen LogP contribution in [0.3, 0.4) is 0 Å². The molecule has 0 radical (unpaired) electrons. The summed E-state index contributed by atoms with van der Waals surface area (Å²) in [5, 5.41) is 0. The van der Waals surface area contributed by atoms with Crippen LogP contribution in [-0.4, -0.2) is 60.9 Å². The normalized spacial score (nSPS) is 23.4. The highest BCUT2D eigenvalue weighted by Gasteiger charge is 2.27. The van der Waals surface area contributed by atoms with Crippen LogP contribution in [0.1, 0.15) is 33.1 Å². The Morgan fingerprint density at radius 2 is 1.48 bits per heavy atom. The molecule has 2 fully saturated rings. The molecule has 2 saturated heterocycles. The number of benzene rings is 1. The molecule has 0 unspecified atom stereocenters. The van der Waals surface area contributed by atoms with Gasteiger partial charge in [0.25, 0.3) is 0 Å². The van der Waals surface area contributed by atoms with E-state index >= 15 is 0 Å². The van der Waals surface area contributed by atoms with Gasteiger partial charge in [-0.25, -0.2) is 4.39 Å². The zero-order valence-corrected chi connectivity index (χ0v) is 16.4. The van der Waals surface area contributed by atoms with Gasteiger partial charge in [-0.05, 0) is 30.4 Å². The molecular formula is C21H30FN3O2. The Hall–Kier alpha value is -2.11. The van der Waals surface area contributed by atoms with Crippen LogP contribution >= 0.6 is 0 Å². The third-order valence-electron chi connectivity index (χ3n) is 5.60. The first-order valence-electron chi connectivity index (χ1n) is 9.99. The second kappa shape index (κ2) is 8.72. The van der Waals surface area contributed by atoms with Crippen molar-refractivity contribution >= 4 is 17.5 Å². The summed E-state index contributed by atoms with van der Waals surface area (Å²) in [5.41, 5.74) is 0.591. The Morgan fingerprint density at radius 1 is 0.926 bits per heavy atom. The second-order valence-electron chi connectivity index (χ2n) is 8.06. The van der Waals surface area contributed by atoms with E-state index < -0.39 is 0 Å². The van der Waals surface area contributed by atoms with E-state index in [2.05, 4.69) is 13.8 Å². The molecule has 2 aliphatic heterocycles. The van der Waals surface area contributed by atoms with Gasteiger partial charge in [0.1, 0.15) is 5.82 Å². The van der Waals surface area contributed by atoms with E-state index in [9.17, 15) is 14.0 Å². The maximum absolute atomic E-state index is 13.9. The first-order valence-corrected chi connectivity index (χ1v) is 9.99. The number of piperazine rings is 1. The topological polar surface area (TPSA) is 43.9 Å². The Bertz CT molecular complexity index is 663. The summed E-state index contributed by atoms with van der Waals surface area (Å²) in [6, 6.07) is 6.73.